The smallest absolute Gasteiger partial charge is 0.314 e. The SMILES string of the molecule is CC=C(CCCC)COC(=O)C1CCCCC1C(=O)OC=C(CC)CCCC. The summed E-state index contributed by atoms with van der Waals surface area (Å²) in [6.07, 6.45) is 14.2. The first kappa shape index (κ1) is 24.5. The predicted molar refractivity (Wildman–Crippen MR) is 114 cm³/mol. The largest absolute Gasteiger partial charge is 0.461 e. The molecule has 1 rings (SSSR count). The topological polar surface area (TPSA) is 52.6 Å². The Hall–Kier alpha value is -1.58. The number of hydrogen-bond donors (Lipinski definition) is 0. The van der Waals surface area contributed by atoms with E-state index in [2.05, 4.69) is 20.8 Å². The lowest BCUT2D eigenvalue weighted by atomic mass is 9.79. The van der Waals surface area contributed by atoms with Crippen molar-refractivity contribution in [1.29, 1.82) is 0 Å². The highest BCUT2D eigenvalue weighted by Crippen LogP contribution is 2.32. The normalized spacial score (nSPS) is 20.7. The Morgan fingerprint density at radius 3 is 2.00 bits per heavy atom. The van der Waals surface area contributed by atoms with Gasteiger partial charge in [-0.1, -0.05) is 52.5 Å². The van der Waals surface area contributed by atoms with Crippen LogP contribution in [0.2, 0.25) is 0 Å². The van der Waals surface area contributed by atoms with Gasteiger partial charge in [0.05, 0.1) is 18.1 Å². The highest BCUT2D eigenvalue weighted by molar-refractivity contribution is 5.82. The molecule has 2 atom stereocenters. The molecule has 0 aromatic carbocycles. The van der Waals surface area contributed by atoms with Crippen molar-refractivity contribution in [1.82, 2.24) is 0 Å². The molecule has 160 valence electrons. The van der Waals surface area contributed by atoms with Gasteiger partial charge < -0.3 is 9.47 Å². The number of unbranched alkanes of at least 4 members (excludes halogenated alkanes) is 2. The second-order valence-electron chi connectivity index (χ2n) is 7.83. The Bertz CT molecular complexity index is 533. The Kier molecular flexibility index (Phi) is 12.6. The lowest BCUT2D eigenvalue weighted by Crippen LogP contribution is -2.34. The molecule has 0 saturated heterocycles. The standard InChI is InChI=1S/C24H40O4/c1-5-9-13-19(7-3)17-27-23(25)21-15-11-12-16-22(21)24(26)28-18-20(8-4)14-10-6-2/h7,18,21-22H,5-6,8-17H2,1-4H3. The van der Waals surface area contributed by atoms with Crippen LogP contribution < -0.4 is 0 Å². The second-order valence-corrected chi connectivity index (χ2v) is 7.83. The molecular weight excluding hydrogens is 352 g/mol. The van der Waals surface area contributed by atoms with Gasteiger partial charge in [0.15, 0.2) is 0 Å². The summed E-state index contributed by atoms with van der Waals surface area (Å²) in [7, 11) is 0. The predicted octanol–water partition coefficient (Wildman–Crippen LogP) is 6.50. The number of carbonyl (C=O) groups is 2. The van der Waals surface area contributed by atoms with E-state index in [1.54, 1.807) is 6.26 Å². The first-order valence-electron chi connectivity index (χ1n) is 11.3. The monoisotopic (exact) mass is 392 g/mol. The van der Waals surface area contributed by atoms with Crippen LogP contribution in [0.15, 0.2) is 23.5 Å². The number of rotatable bonds is 12. The van der Waals surface area contributed by atoms with Gasteiger partial charge >= 0.3 is 11.9 Å². The van der Waals surface area contributed by atoms with Crippen molar-refractivity contribution in [2.24, 2.45) is 11.8 Å². The summed E-state index contributed by atoms with van der Waals surface area (Å²) in [6, 6.07) is 0. The molecule has 0 aromatic rings. The third-order valence-corrected chi connectivity index (χ3v) is 5.68. The summed E-state index contributed by atoms with van der Waals surface area (Å²) in [4.78, 5) is 25.3. The van der Waals surface area contributed by atoms with Crippen LogP contribution in [0.3, 0.4) is 0 Å². The summed E-state index contributed by atoms with van der Waals surface area (Å²) in [6.45, 7) is 8.70. The molecular formula is C24H40O4. The maximum atomic E-state index is 12.7. The van der Waals surface area contributed by atoms with Gasteiger partial charge in [-0.15, -0.1) is 0 Å². The van der Waals surface area contributed by atoms with Crippen molar-refractivity contribution in [3.63, 3.8) is 0 Å². The quantitative estimate of drug-likeness (QED) is 0.216. The molecule has 1 saturated carbocycles. The zero-order chi connectivity index (χ0) is 20.8. The molecule has 28 heavy (non-hydrogen) atoms. The molecule has 1 fully saturated rings. The molecule has 0 amide bonds. The van der Waals surface area contributed by atoms with Crippen LogP contribution in [-0.2, 0) is 19.1 Å². The molecule has 1 aliphatic carbocycles. The lowest BCUT2D eigenvalue weighted by molar-refractivity contribution is -0.159. The van der Waals surface area contributed by atoms with E-state index < -0.39 is 0 Å². The van der Waals surface area contributed by atoms with Crippen LogP contribution in [0.5, 0.6) is 0 Å². The van der Waals surface area contributed by atoms with Crippen molar-refractivity contribution in [2.75, 3.05) is 6.61 Å². The maximum Gasteiger partial charge on any atom is 0.314 e. The first-order chi connectivity index (χ1) is 13.6. The number of hydrogen-bond acceptors (Lipinski definition) is 4. The third-order valence-electron chi connectivity index (χ3n) is 5.68. The highest BCUT2D eigenvalue weighted by Gasteiger charge is 2.37. The summed E-state index contributed by atoms with van der Waals surface area (Å²) in [5.74, 6) is -1.28. The minimum Gasteiger partial charge on any atom is -0.461 e. The average molecular weight is 393 g/mol. The van der Waals surface area contributed by atoms with Crippen LogP contribution in [-0.4, -0.2) is 18.5 Å². The van der Waals surface area contributed by atoms with Crippen LogP contribution in [0.25, 0.3) is 0 Å². The van der Waals surface area contributed by atoms with E-state index in [0.29, 0.717) is 19.4 Å². The molecule has 0 bridgehead atoms. The van der Waals surface area contributed by atoms with Gasteiger partial charge in [-0.2, -0.15) is 0 Å². The number of esters is 2. The molecule has 2 unspecified atom stereocenters. The Labute approximate surface area is 171 Å². The number of carbonyl (C=O) groups excluding carboxylic acids is 2. The van der Waals surface area contributed by atoms with Gasteiger partial charge in [0.1, 0.15) is 6.61 Å². The molecule has 0 N–H and O–H groups in total. The van der Waals surface area contributed by atoms with Gasteiger partial charge in [0, 0.05) is 0 Å². The van der Waals surface area contributed by atoms with Crippen LogP contribution in [0, 0.1) is 11.8 Å². The summed E-state index contributed by atoms with van der Waals surface area (Å²) < 4.78 is 11.1. The van der Waals surface area contributed by atoms with E-state index in [-0.39, 0.29) is 23.8 Å². The summed E-state index contributed by atoms with van der Waals surface area (Å²) in [5, 5.41) is 0. The van der Waals surface area contributed by atoms with E-state index in [9.17, 15) is 9.59 Å². The highest BCUT2D eigenvalue weighted by atomic mass is 16.5. The fraction of sp³-hybridized carbons (Fsp3) is 0.750. The van der Waals surface area contributed by atoms with E-state index in [1.165, 1.54) is 0 Å². The van der Waals surface area contributed by atoms with Gasteiger partial charge in [0.2, 0.25) is 0 Å². The molecule has 1 aliphatic rings. The summed E-state index contributed by atoms with van der Waals surface area (Å²) >= 11 is 0. The molecule has 0 spiro atoms. The van der Waals surface area contributed by atoms with Crippen molar-refractivity contribution in [3.8, 4) is 0 Å². The van der Waals surface area contributed by atoms with Gasteiger partial charge in [-0.3, -0.25) is 9.59 Å². The minimum atomic E-state index is -0.383. The Morgan fingerprint density at radius 1 is 0.893 bits per heavy atom. The fourth-order valence-corrected chi connectivity index (χ4v) is 3.62. The van der Waals surface area contributed by atoms with Crippen molar-refractivity contribution >= 4 is 11.9 Å². The van der Waals surface area contributed by atoms with Crippen LogP contribution >= 0.6 is 0 Å². The molecule has 4 heteroatoms. The minimum absolute atomic E-state index is 0.247. The molecule has 0 radical (unpaired) electrons. The van der Waals surface area contributed by atoms with E-state index in [4.69, 9.17) is 9.47 Å². The van der Waals surface area contributed by atoms with Gasteiger partial charge in [-0.25, -0.2) is 0 Å². The van der Waals surface area contributed by atoms with E-state index in [1.807, 2.05) is 13.0 Å². The molecule has 4 nitrogen and oxygen atoms in total. The third kappa shape index (κ3) is 8.62. The van der Waals surface area contributed by atoms with Crippen molar-refractivity contribution in [3.05, 3.63) is 23.5 Å². The first-order valence-corrected chi connectivity index (χ1v) is 11.3. The van der Waals surface area contributed by atoms with E-state index in [0.717, 1.165) is 68.9 Å². The van der Waals surface area contributed by atoms with Gasteiger partial charge in [-0.05, 0) is 63.0 Å². The van der Waals surface area contributed by atoms with E-state index >= 15 is 0 Å². The average Bonchev–Trinajstić information content (AvgIpc) is 2.73. The van der Waals surface area contributed by atoms with Crippen LogP contribution in [0.1, 0.15) is 98.3 Å². The fourth-order valence-electron chi connectivity index (χ4n) is 3.62. The van der Waals surface area contributed by atoms with Gasteiger partial charge in [0.25, 0.3) is 0 Å². The number of allylic oxidation sites excluding steroid dienone is 2. The second kappa shape index (κ2) is 14.4. The maximum absolute atomic E-state index is 12.7. The molecule has 0 aromatic heterocycles. The van der Waals surface area contributed by atoms with Crippen molar-refractivity contribution < 1.29 is 19.1 Å². The molecule has 0 aliphatic heterocycles. The number of ether oxygens (including phenoxy) is 2. The van der Waals surface area contributed by atoms with Crippen LogP contribution in [0.4, 0.5) is 0 Å². The summed E-state index contributed by atoms with van der Waals surface area (Å²) in [5.41, 5.74) is 2.30. The Morgan fingerprint density at radius 2 is 1.46 bits per heavy atom. The lowest BCUT2D eigenvalue weighted by Gasteiger charge is -2.28. The Balaban J connectivity index is 2.65. The zero-order valence-corrected chi connectivity index (χ0v) is 18.4. The molecule has 0 heterocycles. The van der Waals surface area contributed by atoms with Crippen molar-refractivity contribution in [2.45, 2.75) is 98.3 Å². The zero-order valence-electron chi connectivity index (χ0n) is 18.4.